The summed E-state index contributed by atoms with van der Waals surface area (Å²) >= 11 is 0. The fourth-order valence-electron chi connectivity index (χ4n) is 1.84. The fourth-order valence-corrected chi connectivity index (χ4v) is 1.84. The summed E-state index contributed by atoms with van der Waals surface area (Å²) in [5.41, 5.74) is 0.593. The van der Waals surface area contributed by atoms with E-state index in [1.54, 1.807) is 13.0 Å². The van der Waals surface area contributed by atoms with Crippen LogP contribution in [-0.4, -0.2) is 17.9 Å². The van der Waals surface area contributed by atoms with Gasteiger partial charge in [0, 0.05) is 0 Å². The van der Waals surface area contributed by atoms with Gasteiger partial charge < -0.3 is 5.32 Å². The number of carbonyl (C=O) groups excluding carboxylic acids is 1. The molecule has 1 aliphatic rings. The second-order valence-corrected chi connectivity index (χ2v) is 3.71. The van der Waals surface area contributed by atoms with Gasteiger partial charge >= 0.3 is 0 Å². The highest BCUT2D eigenvalue weighted by Crippen LogP contribution is 2.27. The molecule has 2 heteroatoms. The third-order valence-corrected chi connectivity index (χ3v) is 2.74. The van der Waals surface area contributed by atoms with Gasteiger partial charge in [-0.2, -0.15) is 0 Å². The van der Waals surface area contributed by atoms with E-state index in [9.17, 15) is 4.79 Å². The molecule has 0 aromatic heterocycles. The summed E-state index contributed by atoms with van der Waals surface area (Å²) in [7, 11) is 0. The first kappa shape index (κ1) is 10.2. The predicted octanol–water partition coefficient (Wildman–Crippen LogP) is 1.83. The molecule has 0 amide bonds. The third-order valence-electron chi connectivity index (χ3n) is 2.74. The van der Waals surface area contributed by atoms with Crippen molar-refractivity contribution in [3.05, 3.63) is 24.8 Å². The zero-order valence-electron chi connectivity index (χ0n) is 8.23. The van der Waals surface area contributed by atoms with E-state index in [1.165, 1.54) is 0 Å². The van der Waals surface area contributed by atoms with Crippen LogP contribution >= 0.6 is 0 Å². The molecule has 0 radical (unpaired) electrons. The van der Waals surface area contributed by atoms with Crippen molar-refractivity contribution in [3.8, 4) is 0 Å². The average Bonchev–Trinajstić information content (AvgIpc) is 2.54. The van der Waals surface area contributed by atoms with Crippen LogP contribution in [0.25, 0.3) is 0 Å². The number of ketones is 1. The van der Waals surface area contributed by atoms with Gasteiger partial charge in [0.15, 0.2) is 0 Å². The van der Waals surface area contributed by atoms with E-state index in [0.29, 0.717) is 6.42 Å². The third kappa shape index (κ3) is 2.07. The second kappa shape index (κ2) is 3.88. The van der Waals surface area contributed by atoms with Crippen LogP contribution in [0, 0.1) is 0 Å². The van der Waals surface area contributed by atoms with Gasteiger partial charge in [0.25, 0.3) is 0 Å². The summed E-state index contributed by atoms with van der Waals surface area (Å²) < 4.78 is 0. The standard InChI is InChI=1S/C11H17NO/c1-4-9(2)8-11(10(3)13)6-5-7-12-11/h4,12H,1-2,5-8H2,3H3/t11-/m1/s1. The Morgan fingerprint density at radius 3 is 2.77 bits per heavy atom. The molecule has 72 valence electrons. The quantitative estimate of drug-likeness (QED) is 0.667. The van der Waals surface area contributed by atoms with Gasteiger partial charge in [0.1, 0.15) is 5.78 Å². The highest BCUT2D eigenvalue weighted by atomic mass is 16.1. The SMILES string of the molecule is C=CC(=C)C[C@@]1(C(C)=O)CCCN1. The van der Waals surface area contributed by atoms with E-state index in [-0.39, 0.29) is 11.3 Å². The molecule has 1 fully saturated rings. The molecule has 0 spiro atoms. The Bertz CT molecular complexity index is 236. The van der Waals surface area contributed by atoms with Gasteiger partial charge in [-0.3, -0.25) is 4.79 Å². The van der Waals surface area contributed by atoms with Gasteiger partial charge in [-0.1, -0.05) is 24.8 Å². The van der Waals surface area contributed by atoms with Gasteiger partial charge in [-0.25, -0.2) is 0 Å². The zero-order chi connectivity index (χ0) is 9.90. The highest BCUT2D eigenvalue weighted by Gasteiger charge is 2.37. The average molecular weight is 179 g/mol. The van der Waals surface area contributed by atoms with E-state index < -0.39 is 0 Å². The molecule has 1 aliphatic heterocycles. The lowest BCUT2D eigenvalue weighted by atomic mass is 9.86. The largest absolute Gasteiger partial charge is 0.305 e. The Morgan fingerprint density at radius 2 is 2.38 bits per heavy atom. The molecular weight excluding hydrogens is 162 g/mol. The lowest BCUT2D eigenvalue weighted by Gasteiger charge is -2.26. The van der Waals surface area contributed by atoms with Crippen molar-refractivity contribution in [2.24, 2.45) is 0 Å². The zero-order valence-corrected chi connectivity index (χ0v) is 8.23. The van der Waals surface area contributed by atoms with Crippen molar-refractivity contribution in [3.63, 3.8) is 0 Å². The number of hydrogen-bond acceptors (Lipinski definition) is 2. The number of carbonyl (C=O) groups is 1. The second-order valence-electron chi connectivity index (χ2n) is 3.71. The summed E-state index contributed by atoms with van der Waals surface area (Å²) in [6, 6.07) is 0. The minimum Gasteiger partial charge on any atom is -0.305 e. The van der Waals surface area contributed by atoms with Crippen molar-refractivity contribution in [1.82, 2.24) is 5.32 Å². The summed E-state index contributed by atoms with van der Waals surface area (Å²) in [4.78, 5) is 11.5. The molecule has 2 nitrogen and oxygen atoms in total. The van der Waals surface area contributed by atoms with Crippen molar-refractivity contribution >= 4 is 5.78 Å². The van der Waals surface area contributed by atoms with E-state index in [2.05, 4.69) is 18.5 Å². The fraction of sp³-hybridized carbons (Fsp3) is 0.545. The van der Waals surface area contributed by atoms with Crippen LogP contribution in [0.15, 0.2) is 24.8 Å². The Morgan fingerprint density at radius 1 is 1.69 bits per heavy atom. The molecule has 0 unspecified atom stereocenters. The highest BCUT2D eigenvalue weighted by molar-refractivity contribution is 5.86. The predicted molar refractivity (Wildman–Crippen MR) is 54.6 cm³/mol. The first-order valence-corrected chi connectivity index (χ1v) is 4.67. The van der Waals surface area contributed by atoms with Crippen LogP contribution in [0.1, 0.15) is 26.2 Å². The number of allylic oxidation sites excluding steroid dienone is 1. The Labute approximate surface area is 79.7 Å². The summed E-state index contributed by atoms with van der Waals surface area (Å²) in [6.45, 7) is 10.1. The first-order valence-electron chi connectivity index (χ1n) is 4.67. The molecular formula is C11H17NO. The van der Waals surface area contributed by atoms with Crippen LogP contribution in [-0.2, 0) is 4.79 Å². The number of nitrogens with one attached hydrogen (secondary N) is 1. The lowest BCUT2D eigenvalue weighted by Crippen LogP contribution is -2.46. The smallest absolute Gasteiger partial charge is 0.150 e. The van der Waals surface area contributed by atoms with E-state index in [1.807, 2.05) is 0 Å². The van der Waals surface area contributed by atoms with E-state index >= 15 is 0 Å². The van der Waals surface area contributed by atoms with Crippen molar-refractivity contribution in [1.29, 1.82) is 0 Å². The Kier molecular flexibility index (Phi) is 3.04. The molecule has 1 saturated heterocycles. The monoisotopic (exact) mass is 179 g/mol. The maximum absolute atomic E-state index is 11.5. The molecule has 0 aromatic carbocycles. The molecule has 0 bridgehead atoms. The number of Topliss-reactive ketones (excluding diaryl/α,β-unsaturated/α-hetero) is 1. The van der Waals surface area contributed by atoms with Crippen molar-refractivity contribution in [2.45, 2.75) is 31.7 Å². The van der Waals surface area contributed by atoms with Crippen molar-refractivity contribution < 1.29 is 4.79 Å². The molecule has 1 heterocycles. The van der Waals surface area contributed by atoms with Gasteiger partial charge in [-0.05, 0) is 32.7 Å². The number of rotatable bonds is 4. The minimum absolute atomic E-state index is 0.216. The lowest BCUT2D eigenvalue weighted by molar-refractivity contribution is -0.122. The topological polar surface area (TPSA) is 29.1 Å². The summed E-state index contributed by atoms with van der Waals surface area (Å²) in [5, 5.41) is 3.28. The maximum atomic E-state index is 11.5. The minimum atomic E-state index is -0.342. The maximum Gasteiger partial charge on any atom is 0.150 e. The van der Waals surface area contributed by atoms with Crippen LogP contribution < -0.4 is 5.32 Å². The number of hydrogen-bond donors (Lipinski definition) is 1. The molecule has 1 N–H and O–H groups in total. The Balaban J connectivity index is 2.73. The Hall–Kier alpha value is -0.890. The molecule has 1 atom stereocenters. The molecule has 1 rings (SSSR count). The first-order chi connectivity index (χ1) is 6.10. The molecule has 0 aromatic rings. The normalized spacial score (nSPS) is 27.2. The van der Waals surface area contributed by atoms with Crippen LogP contribution in [0.4, 0.5) is 0 Å². The molecule has 0 aliphatic carbocycles. The van der Waals surface area contributed by atoms with E-state index in [0.717, 1.165) is 25.0 Å². The van der Waals surface area contributed by atoms with Crippen LogP contribution in [0.5, 0.6) is 0 Å². The van der Waals surface area contributed by atoms with E-state index in [4.69, 9.17) is 0 Å². The molecule has 13 heavy (non-hydrogen) atoms. The van der Waals surface area contributed by atoms with Gasteiger partial charge in [0.2, 0.25) is 0 Å². The summed E-state index contributed by atoms with van der Waals surface area (Å²) in [6.07, 6.45) is 4.43. The molecule has 0 saturated carbocycles. The summed E-state index contributed by atoms with van der Waals surface area (Å²) in [5.74, 6) is 0.216. The van der Waals surface area contributed by atoms with Crippen LogP contribution in [0.2, 0.25) is 0 Å². The van der Waals surface area contributed by atoms with Gasteiger partial charge in [0.05, 0.1) is 5.54 Å². The van der Waals surface area contributed by atoms with Crippen molar-refractivity contribution in [2.75, 3.05) is 6.54 Å². The van der Waals surface area contributed by atoms with Gasteiger partial charge in [-0.15, -0.1) is 0 Å². The van der Waals surface area contributed by atoms with Crippen LogP contribution in [0.3, 0.4) is 0 Å².